The molecule has 2 rings (SSSR count). The molecule has 2 N–H and O–H groups in total. The van der Waals surface area contributed by atoms with Gasteiger partial charge in [0.2, 0.25) is 0 Å². The highest BCUT2D eigenvalue weighted by molar-refractivity contribution is 5.91. The Morgan fingerprint density at radius 1 is 1.00 bits per heavy atom. The van der Waals surface area contributed by atoms with E-state index in [1.165, 1.54) is 29.2 Å². The summed E-state index contributed by atoms with van der Waals surface area (Å²) in [5, 5.41) is 0. The minimum Gasteiger partial charge on any atom is -0.484 e. The molecular weight excluding hydrogens is 348 g/mol. The first-order valence-electron chi connectivity index (χ1n) is 8.37. The van der Waals surface area contributed by atoms with E-state index in [9.17, 15) is 14.4 Å². The van der Waals surface area contributed by atoms with E-state index in [-0.39, 0.29) is 30.7 Å². The highest BCUT2D eigenvalue weighted by atomic mass is 16.5. The molecular formula is C20H22N2O5. The van der Waals surface area contributed by atoms with E-state index >= 15 is 0 Å². The number of nitrogens with zero attached hydrogens (tertiary/aromatic N) is 1. The molecule has 2 aromatic carbocycles. The number of nitrogens with two attached hydrogens (primary N) is 1. The van der Waals surface area contributed by atoms with Crippen LogP contribution in [0.5, 0.6) is 5.75 Å². The van der Waals surface area contributed by atoms with Gasteiger partial charge in [-0.05, 0) is 36.8 Å². The number of carbonyl (C=O) groups is 3. The second-order valence-electron chi connectivity index (χ2n) is 5.95. The number of amides is 2. The van der Waals surface area contributed by atoms with Crippen LogP contribution in [0.2, 0.25) is 0 Å². The summed E-state index contributed by atoms with van der Waals surface area (Å²) in [6, 6.07) is 15.4. The van der Waals surface area contributed by atoms with Crippen LogP contribution in [-0.4, -0.2) is 42.9 Å². The van der Waals surface area contributed by atoms with Crippen LogP contribution in [0.15, 0.2) is 54.6 Å². The molecule has 0 aliphatic carbocycles. The maximum absolute atomic E-state index is 12.3. The van der Waals surface area contributed by atoms with Gasteiger partial charge in [-0.15, -0.1) is 0 Å². The summed E-state index contributed by atoms with van der Waals surface area (Å²) in [7, 11) is 1.67. The third-order valence-electron chi connectivity index (χ3n) is 4.05. The van der Waals surface area contributed by atoms with Crippen molar-refractivity contribution in [2.45, 2.75) is 13.0 Å². The zero-order valence-electron chi connectivity index (χ0n) is 15.3. The van der Waals surface area contributed by atoms with Crippen LogP contribution in [0.4, 0.5) is 0 Å². The van der Waals surface area contributed by atoms with Crippen molar-refractivity contribution in [1.29, 1.82) is 0 Å². The predicted octanol–water partition coefficient (Wildman–Crippen LogP) is 1.93. The number of benzene rings is 2. The Bertz CT molecular complexity index is 790. The topological polar surface area (TPSA) is 98.9 Å². The lowest BCUT2D eigenvalue weighted by molar-refractivity contribution is -0.135. The van der Waals surface area contributed by atoms with Crippen molar-refractivity contribution < 1.29 is 23.9 Å². The smallest absolute Gasteiger partial charge is 0.338 e. The van der Waals surface area contributed by atoms with Gasteiger partial charge in [0.25, 0.3) is 11.8 Å². The average molecular weight is 370 g/mol. The standard InChI is InChI=1S/C20H22N2O5/c1-14(15-6-4-3-5-7-15)22(2)19(24)13-27-20(25)16-8-10-17(11-9-16)26-12-18(21)23/h3-11,14H,12-13H2,1-2H3,(H2,21,23)/t14-/m0/s1. The molecule has 0 aliphatic rings. The zero-order valence-corrected chi connectivity index (χ0v) is 15.3. The largest absolute Gasteiger partial charge is 0.484 e. The summed E-state index contributed by atoms with van der Waals surface area (Å²) in [6.07, 6.45) is 0. The van der Waals surface area contributed by atoms with Gasteiger partial charge < -0.3 is 20.1 Å². The van der Waals surface area contributed by atoms with E-state index < -0.39 is 11.9 Å². The molecule has 0 spiro atoms. The molecule has 142 valence electrons. The molecule has 0 saturated carbocycles. The number of primary amides is 1. The predicted molar refractivity (Wildman–Crippen MR) is 99.0 cm³/mol. The van der Waals surface area contributed by atoms with E-state index in [2.05, 4.69) is 0 Å². The van der Waals surface area contributed by atoms with Crippen molar-refractivity contribution in [1.82, 2.24) is 4.90 Å². The molecule has 0 aliphatic heterocycles. The molecule has 7 heteroatoms. The Morgan fingerprint density at radius 2 is 1.63 bits per heavy atom. The molecule has 0 aromatic heterocycles. The van der Waals surface area contributed by atoms with Crippen molar-refractivity contribution in [2.75, 3.05) is 20.3 Å². The maximum Gasteiger partial charge on any atom is 0.338 e. The van der Waals surface area contributed by atoms with E-state index in [1.54, 1.807) is 7.05 Å². The maximum atomic E-state index is 12.3. The third kappa shape index (κ3) is 5.85. The van der Waals surface area contributed by atoms with E-state index in [4.69, 9.17) is 15.2 Å². The zero-order chi connectivity index (χ0) is 19.8. The first-order chi connectivity index (χ1) is 12.9. The van der Waals surface area contributed by atoms with Crippen molar-refractivity contribution in [3.8, 4) is 5.75 Å². The summed E-state index contributed by atoms with van der Waals surface area (Å²) in [6.45, 7) is 1.30. The minimum absolute atomic E-state index is 0.140. The average Bonchev–Trinajstić information content (AvgIpc) is 2.70. The number of hydrogen-bond donors (Lipinski definition) is 1. The van der Waals surface area contributed by atoms with Crippen LogP contribution >= 0.6 is 0 Å². The molecule has 2 amide bonds. The van der Waals surface area contributed by atoms with Crippen LogP contribution in [0.3, 0.4) is 0 Å². The number of ether oxygens (including phenoxy) is 2. The fraction of sp³-hybridized carbons (Fsp3) is 0.250. The van der Waals surface area contributed by atoms with Crippen molar-refractivity contribution in [3.63, 3.8) is 0 Å². The fourth-order valence-corrected chi connectivity index (χ4v) is 2.33. The molecule has 7 nitrogen and oxygen atoms in total. The van der Waals surface area contributed by atoms with Gasteiger partial charge in [-0.1, -0.05) is 30.3 Å². The summed E-state index contributed by atoms with van der Waals surface area (Å²) in [5.41, 5.74) is 6.26. The van der Waals surface area contributed by atoms with Crippen LogP contribution < -0.4 is 10.5 Å². The van der Waals surface area contributed by atoms with Gasteiger partial charge in [-0.2, -0.15) is 0 Å². The summed E-state index contributed by atoms with van der Waals surface area (Å²) in [5.74, 6) is -1.12. The number of likely N-dealkylation sites (N-methyl/N-ethyl adjacent to an activating group) is 1. The van der Waals surface area contributed by atoms with Gasteiger partial charge in [0, 0.05) is 7.05 Å². The first kappa shape index (κ1) is 20.0. The lowest BCUT2D eigenvalue weighted by atomic mass is 10.1. The van der Waals surface area contributed by atoms with E-state index in [1.807, 2.05) is 37.3 Å². The monoisotopic (exact) mass is 370 g/mol. The van der Waals surface area contributed by atoms with Crippen molar-refractivity contribution >= 4 is 17.8 Å². The van der Waals surface area contributed by atoms with Gasteiger partial charge in [0.1, 0.15) is 5.75 Å². The van der Waals surface area contributed by atoms with Crippen LogP contribution in [0, 0.1) is 0 Å². The Hall–Kier alpha value is -3.35. The number of esters is 1. The first-order valence-corrected chi connectivity index (χ1v) is 8.37. The summed E-state index contributed by atoms with van der Waals surface area (Å²) in [4.78, 5) is 36.6. The minimum atomic E-state index is -0.620. The van der Waals surface area contributed by atoms with Crippen LogP contribution in [0.1, 0.15) is 28.9 Å². The normalized spacial score (nSPS) is 11.3. The van der Waals surface area contributed by atoms with Gasteiger partial charge in [0.15, 0.2) is 13.2 Å². The second-order valence-corrected chi connectivity index (χ2v) is 5.95. The Kier molecular flexibility index (Phi) is 6.93. The summed E-state index contributed by atoms with van der Waals surface area (Å²) < 4.78 is 10.2. The number of carbonyl (C=O) groups excluding carboxylic acids is 3. The molecule has 0 bridgehead atoms. The lowest BCUT2D eigenvalue weighted by Gasteiger charge is -2.25. The number of rotatable bonds is 8. The molecule has 0 fully saturated rings. The van der Waals surface area contributed by atoms with Crippen molar-refractivity contribution in [3.05, 3.63) is 65.7 Å². The highest BCUT2D eigenvalue weighted by Gasteiger charge is 2.19. The van der Waals surface area contributed by atoms with Gasteiger partial charge in [-0.25, -0.2) is 4.79 Å². The Morgan fingerprint density at radius 3 is 2.22 bits per heavy atom. The molecule has 2 aromatic rings. The number of hydrogen-bond acceptors (Lipinski definition) is 5. The quantitative estimate of drug-likeness (QED) is 0.716. The molecule has 0 radical (unpaired) electrons. The van der Waals surface area contributed by atoms with E-state index in [0.29, 0.717) is 5.75 Å². The molecule has 0 unspecified atom stereocenters. The van der Waals surface area contributed by atoms with Crippen molar-refractivity contribution in [2.24, 2.45) is 5.73 Å². The molecule has 1 atom stereocenters. The van der Waals surface area contributed by atoms with Crippen LogP contribution in [-0.2, 0) is 14.3 Å². The Labute approximate surface area is 157 Å². The van der Waals surface area contributed by atoms with E-state index in [0.717, 1.165) is 5.56 Å². The lowest BCUT2D eigenvalue weighted by Crippen LogP contribution is -2.33. The molecule has 27 heavy (non-hydrogen) atoms. The molecule has 0 heterocycles. The highest BCUT2D eigenvalue weighted by Crippen LogP contribution is 2.18. The Balaban J connectivity index is 1.87. The SMILES string of the molecule is C[C@@H](c1ccccc1)N(C)C(=O)COC(=O)c1ccc(OCC(N)=O)cc1. The summed E-state index contributed by atoms with van der Waals surface area (Å²) >= 11 is 0. The fourth-order valence-electron chi connectivity index (χ4n) is 2.33. The van der Waals surface area contributed by atoms with Gasteiger partial charge >= 0.3 is 5.97 Å². The van der Waals surface area contributed by atoms with Crippen LogP contribution in [0.25, 0.3) is 0 Å². The van der Waals surface area contributed by atoms with Gasteiger partial charge in [-0.3, -0.25) is 9.59 Å². The second kappa shape index (κ2) is 9.38. The molecule has 0 saturated heterocycles. The van der Waals surface area contributed by atoms with Gasteiger partial charge in [0.05, 0.1) is 11.6 Å². The third-order valence-corrected chi connectivity index (χ3v) is 4.05.